The summed E-state index contributed by atoms with van der Waals surface area (Å²) < 4.78 is 104. The normalized spacial score (nSPS) is 11.2. The Morgan fingerprint density at radius 2 is 1.63 bits per heavy atom. The molecule has 0 atom stereocenters. The number of rotatable bonds is 11. The first-order valence-electron chi connectivity index (χ1n) is 14.5. The van der Waals surface area contributed by atoms with Crippen molar-refractivity contribution in [3.63, 3.8) is 0 Å². The Kier molecular flexibility index (Phi) is 14.0. The molecule has 0 spiro atoms. The smallest absolute Gasteiger partial charge is 0.434 e. The molecule has 0 fully saturated rings. The summed E-state index contributed by atoms with van der Waals surface area (Å²) in [5, 5.41) is 5.65. The molecule has 2 heterocycles. The summed E-state index contributed by atoms with van der Waals surface area (Å²) in [5.41, 5.74) is -1.86. The Labute approximate surface area is 307 Å². The van der Waals surface area contributed by atoms with E-state index in [2.05, 4.69) is 36.3 Å². The summed E-state index contributed by atoms with van der Waals surface area (Å²) in [6, 6.07) is 8.23. The highest BCUT2D eigenvalue weighted by Gasteiger charge is 2.39. The van der Waals surface area contributed by atoms with Crippen LogP contribution < -0.4 is 28.4 Å². The fourth-order valence-corrected chi connectivity index (χ4v) is 5.68. The Morgan fingerprint density at radius 3 is 2.15 bits per heavy atom. The van der Waals surface area contributed by atoms with Crippen molar-refractivity contribution in [1.82, 2.24) is 24.5 Å². The zero-order chi connectivity index (χ0) is 39.0. The van der Waals surface area contributed by atoms with Crippen LogP contribution in [0.25, 0.3) is 11.3 Å². The largest absolute Gasteiger partial charge is 0.490 e. The molecule has 2 aromatic heterocycles. The van der Waals surface area contributed by atoms with E-state index in [1.165, 1.54) is 32.4 Å². The number of aryl methyl sites for hydroxylation is 1. The highest BCUT2D eigenvalue weighted by Crippen LogP contribution is 2.41. The number of carbonyl (C=O) groups is 2. The molecule has 0 saturated carbocycles. The number of nitrogens with one attached hydrogen (secondary N) is 2. The average Bonchev–Trinajstić information content (AvgIpc) is 3.34. The summed E-state index contributed by atoms with van der Waals surface area (Å²) in [6.07, 6.45) is -5.14. The molecule has 15 nitrogen and oxygen atoms in total. The molecule has 0 aliphatic heterocycles. The van der Waals surface area contributed by atoms with E-state index in [0.717, 1.165) is 19.2 Å². The number of para-hydroxylation sites is 2. The molecule has 0 aliphatic carbocycles. The van der Waals surface area contributed by atoms with E-state index in [4.69, 9.17) is 34.7 Å². The maximum Gasteiger partial charge on any atom is 0.434 e. The first-order valence-corrected chi connectivity index (χ1v) is 17.1. The van der Waals surface area contributed by atoms with Crippen molar-refractivity contribution in [2.24, 2.45) is 7.05 Å². The fraction of sp³-hybridized carbons (Fsp3) is 0.300. The number of alkyl halides is 3. The predicted octanol–water partition coefficient (Wildman–Crippen LogP) is 6.56. The lowest BCUT2D eigenvalue weighted by atomic mass is 10.1. The highest BCUT2D eigenvalue weighted by atomic mass is 79.9. The summed E-state index contributed by atoms with van der Waals surface area (Å²) in [4.78, 5) is 31.7. The quantitative estimate of drug-likeness (QED) is 0.123. The number of hydrogen-bond donors (Lipinski definition) is 2. The number of nitrogens with zero attached hydrogens (tertiary/aromatic N) is 4. The van der Waals surface area contributed by atoms with Gasteiger partial charge in [-0.05, 0) is 61.0 Å². The third-order valence-corrected chi connectivity index (χ3v) is 7.92. The third kappa shape index (κ3) is 11.1. The van der Waals surface area contributed by atoms with Crippen molar-refractivity contribution >= 4 is 55.8 Å². The number of ether oxygens (including phenoxy) is 4. The molecular formula is C30H30BrClF4N6O9S. The Morgan fingerprint density at radius 1 is 1.04 bits per heavy atom. The lowest BCUT2D eigenvalue weighted by Crippen LogP contribution is -2.37. The van der Waals surface area contributed by atoms with Crippen molar-refractivity contribution in [2.75, 3.05) is 26.1 Å². The maximum atomic E-state index is 14.3. The van der Waals surface area contributed by atoms with E-state index in [1.54, 1.807) is 37.6 Å². The molecule has 22 heteroatoms. The minimum atomic E-state index is -4.69. The van der Waals surface area contributed by atoms with Crippen molar-refractivity contribution in [3.8, 4) is 34.5 Å². The highest BCUT2D eigenvalue weighted by molar-refractivity contribution is 9.10. The number of carbonyl (C=O) groups excluding carboxylic acids is 2. The molecule has 2 N–H and O–H groups in total. The van der Waals surface area contributed by atoms with Crippen molar-refractivity contribution < 1.29 is 58.7 Å². The topological polar surface area (TPSA) is 182 Å². The number of anilines is 1. The van der Waals surface area contributed by atoms with Crippen LogP contribution in [0.3, 0.4) is 0 Å². The van der Waals surface area contributed by atoms with Crippen LogP contribution in [0.15, 0.2) is 46.9 Å². The van der Waals surface area contributed by atoms with E-state index in [-0.39, 0.29) is 51.1 Å². The second-order valence-electron chi connectivity index (χ2n) is 10.1. The van der Waals surface area contributed by atoms with Crippen LogP contribution >= 0.6 is 27.5 Å². The van der Waals surface area contributed by atoms with Crippen LogP contribution in [-0.4, -0.2) is 67.1 Å². The van der Waals surface area contributed by atoms with E-state index in [1.807, 2.05) is 0 Å². The van der Waals surface area contributed by atoms with E-state index >= 15 is 0 Å². The summed E-state index contributed by atoms with van der Waals surface area (Å²) >= 11 is 8.67. The van der Waals surface area contributed by atoms with Crippen LogP contribution in [-0.2, 0) is 28.3 Å². The third-order valence-electron chi connectivity index (χ3n) is 6.02. The fourth-order valence-electron chi connectivity index (χ4n) is 3.98. The molecule has 0 saturated heterocycles. The molecular weight excluding hydrogens is 812 g/mol. The van der Waals surface area contributed by atoms with Gasteiger partial charge in [0.05, 0.1) is 48.1 Å². The molecule has 0 aliphatic rings. The Bertz CT molecular complexity index is 2010. The number of esters is 1. The number of urea groups is 1. The molecule has 4 aromatic rings. The zero-order valence-corrected chi connectivity index (χ0v) is 31.1. The SMILES string of the molecule is CC(C)OC(=O)c1cc(-c2nn(C)c(C(F)(F)F)c2Br)c(F)cc1Cl.CCOc1ccccc1OS(=O)(=O)NC(=O)Nc1nc(OC)cc(OC)n1. The molecule has 0 radical (unpaired) electrons. The van der Waals surface area contributed by atoms with Crippen LogP contribution in [0.2, 0.25) is 5.02 Å². The number of halogens is 6. The van der Waals surface area contributed by atoms with Crippen molar-refractivity contribution in [3.05, 3.63) is 69.0 Å². The lowest BCUT2D eigenvalue weighted by Gasteiger charge is -2.12. The van der Waals surface area contributed by atoms with Gasteiger partial charge < -0.3 is 23.1 Å². The zero-order valence-electron chi connectivity index (χ0n) is 28.0. The van der Waals surface area contributed by atoms with Gasteiger partial charge in [-0.1, -0.05) is 23.7 Å². The second kappa shape index (κ2) is 17.6. The van der Waals surface area contributed by atoms with Gasteiger partial charge >= 0.3 is 28.5 Å². The summed E-state index contributed by atoms with van der Waals surface area (Å²) in [5.74, 6) is -1.59. The number of amides is 2. The van der Waals surface area contributed by atoms with Gasteiger partial charge in [0.1, 0.15) is 11.5 Å². The van der Waals surface area contributed by atoms with Gasteiger partial charge in [-0.15, -0.1) is 0 Å². The van der Waals surface area contributed by atoms with Gasteiger partial charge in [0.25, 0.3) is 0 Å². The van der Waals surface area contributed by atoms with Gasteiger partial charge in [0.2, 0.25) is 17.7 Å². The standard InChI is InChI=1S/C15H12BrClF4N2O2.C15H18N4O7S/c1-6(2)25-14(24)7-4-8(10(18)5-9(7)17)12-11(16)13(15(19,20)21)23(3)22-12;1-4-25-10-7-5-6-8-11(10)26-27(21,22)19-15(20)18-14-16-12(23-2)9-13(17-14)24-3/h4-6H,1-3H3;5-9H,4H2,1-3H3,(H2,16,17,18,19,20). The second-order valence-corrected chi connectivity index (χ2v) is 12.6. The minimum Gasteiger partial charge on any atom is -0.490 e. The Hall–Kier alpha value is -4.89. The monoisotopic (exact) mass is 840 g/mol. The molecule has 0 unspecified atom stereocenters. The van der Waals surface area contributed by atoms with Crippen LogP contribution in [0.1, 0.15) is 36.8 Å². The van der Waals surface area contributed by atoms with Crippen LogP contribution in [0, 0.1) is 5.82 Å². The molecule has 282 valence electrons. The molecule has 2 aromatic carbocycles. The lowest BCUT2D eigenvalue weighted by molar-refractivity contribution is -0.144. The summed E-state index contributed by atoms with van der Waals surface area (Å²) in [7, 11) is -0.682. The Balaban J connectivity index is 0.000000281. The first kappa shape index (κ1) is 41.5. The predicted molar refractivity (Wildman–Crippen MR) is 181 cm³/mol. The van der Waals surface area contributed by atoms with Gasteiger partial charge in [-0.2, -0.15) is 36.7 Å². The maximum absolute atomic E-state index is 14.3. The van der Waals surface area contributed by atoms with E-state index < -0.39 is 50.6 Å². The molecule has 52 heavy (non-hydrogen) atoms. The first-order chi connectivity index (χ1) is 24.3. The molecule has 2 amide bonds. The van der Waals surface area contributed by atoms with Gasteiger partial charge in [0.15, 0.2) is 17.2 Å². The van der Waals surface area contributed by atoms with Crippen molar-refractivity contribution in [1.29, 1.82) is 0 Å². The number of aromatic nitrogens is 4. The number of methoxy groups -OCH3 is 2. The van der Waals surface area contributed by atoms with E-state index in [0.29, 0.717) is 11.3 Å². The number of hydrogen-bond acceptors (Lipinski definition) is 12. The van der Waals surface area contributed by atoms with Gasteiger partial charge in [-0.3, -0.25) is 10.00 Å². The number of benzene rings is 2. The van der Waals surface area contributed by atoms with Crippen LogP contribution in [0.5, 0.6) is 23.3 Å². The summed E-state index contributed by atoms with van der Waals surface area (Å²) in [6.45, 7) is 5.27. The molecule has 0 bridgehead atoms. The van der Waals surface area contributed by atoms with Crippen molar-refractivity contribution in [2.45, 2.75) is 33.1 Å². The van der Waals surface area contributed by atoms with Gasteiger partial charge in [-0.25, -0.2) is 18.7 Å². The average molecular weight is 842 g/mol. The van der Waals surface area contributed by atoms with E-state index in [9.17, 15) is 35.6 Å². The minimum absolute atomic E-state index is 0.0704. The van der Waals surface area contributed by atoms with Crippen LogP contribution in [0.4, 0.5) is 28.3 Å². The van der Waals surface area contributed by atoms with Gasteiger partial charge in [0, 0.05) is 12.6 Å². The molecule has 4 rings (SSSR count).